The zero-order valence-corrected chi connectivity index (χ0v) is 29.0. The number of aromatic nitrogens is 1. The highest BCUT2D eigenvalue weighted by molar-refractivity contribution is 6.38. The minimum absolute atomic E-state index is 0.0275. The van der Waals surface area contributed by atoms with E-state index in [2.05, 4.69) is 26.1 Å². The molecule has 3 heterocycles. The third-order valence-electron chi connectivity index (χ3n) is 9.99. The van der Waals surface area contributed by atoms with E-state index in [4.69, 9.17) is 16.4 Å². The number of Topliss-reactive ketones (excluding diaryl/α,β-unsaturated/α-hetero) is 1. The van der Waals surface area contributed by atoms with Gasteiger partial charge in [0.25, 0.3) is 5.91 Å². The molecular formula is C36H43ClN6O6. The first-order valence-corrected chi connectivity index (χ1v) is 17.2. The van der Waals surface area contributed by atoms with Crippen molar-refractivity contribution in [3.8, 4) is 0 Å². The van der Waals surface area contributed by atoms with Gasteiger partial charge in [-0.05, 0) is 59.9 Å². The number of nitrogens with zero attached hydrogens (tertiary/aromatic N) is 3. The third kappa shape index (κ3) is 7.64. The highest BCUT2D eigenvalue weighted by Gasteiger charge is 2.56. The van der Waals surface area contributed by atoms with Crippen LogP contribution in [0.2, 0.25) is 5.02 Å². The van der Waals surface area contributed by atoms with Crippen LogP contribution >= 0.6 is 11.6 Å². The van der Waals surface area contributed by atoms with Gasteiger partial charge in [-0.2, -0.15) is 0 Å². The lowest BCUT2D eigenvalue weighted by Crippen LogP contribution is -2.59. The molecule has 2 saturated carbocycles. The Morgan fingerprint density at radius 2 is 1.80 bits per heavy atom. The van der Waals surface area contributed by atoms with Gasteiger partial charge in [-0.15, -0.1) is 0 Å². The van der Waals surface area contributed by atoms with Gasteiger partial charge in [-0.1, -0.05) is 62.5 Å². The Balaban J connectivity index is 1.25. The molecule has 12 nitrogen and oxygen atoms in total. The summed E-state index contributed by atoms with van der Waals surface area (Å²) in [5, 5.41) is 13.1. The van der Waals surface area contributed by atoms with Gasteiger partial charge in [0, 0.05) is 48.8 Å². The molecule has 2 aliphatic heterocycles. The first kappa shape index (κ1) is 34.5. The Morgan fingerprint density at radius 3 is 2.45 bits per heavy atom. The van der Waals surface area contributed by atoms with Crippen LogP contribution in [-0.2, 0) is 28.8 Å². The van der Waals surface area contributed by atoms with Crippen LogP contribution in [0.5, 0.6) is 0 Å². The fraction of sp³-hybridized carbons (Fsp3) is 0.528. The molecule has 49 heavy (non-hydrogen) atoms. The van der Waals surface area contributed by atoms with E-state index in [0.29, 0.717) is 30.0 Å². The van der Waals surface area contributed by atoms with E-state index in [0.717, 1.165) is 24.0 Å². The minimum Gasteiger partial charge on any atom is -0.387 e. The smallest absolute Gasteiger partial charge is 0.289 e. The van der Waals surface area contributed by atoms with Gasteiger partial charge in [0.15, 0.2) is 5.60 Å². The lowest BCUT2D eigenvalue weighted by molar-refractivity contribution is -0.145. The summed E-state index contributed by atoms with van der Waals surface area (Å²) in [6.45, 7) is 5.62. The number of amides is 4. The average Bonchev–Trinajstić information content (AvgIpc) is 4.00. The Kier molecular flexibility index (Phi) is 9.54. The van der Waals surface area contributed by atoms with Crippen LogP contribution in [0.3, 0.4) is 0 Å². The zero-order valence-electron chi connectivity index (χ0n) is 28.2. The fourth-order valence-corrected chi connectivity index (χ4v) is 7.14. The van der Waals surface area contributed by atoms with Crippen LogP contribution < -0.4 is 16.0 Å². The van der Waals surface area contributed by atoms with Crippen molar-refractivity contribution >= 4 is 46.7 Å². The first-order chi connectivity index (χ1) is 23.3. The van der Waals surface area contributed by atoms with Crippen molar-refractivity contribution in [3.63, 3.8) is 0 Å². The summed E-state index contributed by atoms with van der Waals surface area (Å²) in [7, 11) is 1.37. The number of likely N-dealkylation sites (tertiary alicyclic amines) is 1. The predicted octanol–water partition coefficient (Wildman–Crippen LogP) is 3.13. The summed E-state index contributed by atoms with van der Waals surface area (Å²) in [5.74, 6) is -2.75. The molecule has 6 rings (SSSR count). The van der Waals surface area contributed by atoms with Crippen molar-refractivity contribution in [2.75, 3.05) is 13.6 Å². The van der Waals surface area contributed by atoms with Crippen LogP contribution in [0, 0.1) is 17.3 Å². The van der Waals surface area contributed by atoms with Gasteiger partial charge in [-0.25, -0.2) is 0 Å². The van der Waals surface area contributed by atoms with Crippen LogP contribution in [0.15, 0.2) is 53.9 Å². The number of rotatable bonds is 11. The van der Waals surface area contributed by atoms with E-state index in [1.165, 1.54) is 11.9 Å². The van der Waals surface area contributed by atoms with Gasteiger partial charge in [0.05, 0.1) is 18.3 Å². The van der Waals surface area contributed by atoms with Crippen molar-refractivity contribution in [1.29, 1.82) is 0 Å². The largest absolute Gasteiger partial charge is 0.387 e. The van der Waals surface area contributed by atoms with Gasteiger partial charge in [0.1, 0.15) is 12.1 Å². The standard InChI is InChI=1S/C36H43ClN6O6/c1-35(2,3)30(41-31(45)25-16-24(25)21-10-12-39-13-11-21)34(48)43-19-36(17-27(42-49-36)22-6-5-7-23(37)15-22)18-28(43)32(46)40-26(14-20-8-9-20)29(44)33(47)38-4/h5-7,10-13,15,20,24-26,28,30H,8-9,14,16-19H2,1-4H3,(H,38,47)(H,40,46)(H,41,45)/t24?,25?,26-,28-,30+,36+/m0/s1. The predicted molar refractivity (Wildman–Crippen MR) is 181 cm³/mol. The number of likely N-dealkylation sites (N-methyl/N-ethyl adjacent to an activating group) is 1. The molecule has 6 atom stereocenters. The summed E-state index contributed by atoms with van der Waals surface area (Å²) in [6, 6.07) is 7.95. The molecule has 3 fully saturated rings. The number of nitrogens with one attached hydrogen (secondary N) is 3. The number of carbonyl (C=O) groups is 5. The molecule has 1 saturated heterocycles. The summed E-state index contributed by atoms with van der Waals surface area (Å²) in [5.41, 5.74) is 0.681. The number of halogens is 1. The normalized spacial score (nSPS) is 25.5. The van der Waals surface area contributed by atoms with Gasteiger partial charge < -0.3 is 25.7 Å². The Bertz CT molecular complexity index is 1670. The molecule has 13 heteroatoms. The molecule has 0 radical (unpaired) electrons. The molecule has 1 aromatic carbocycles. The molecule has 0 bridgehead atoms. The highest BCUT2D eigenvalue weighted by Crippen LogP contribution is 2.48. The lowest BCUT2D eigenvalue weighted by Gasteiger charge is -2.35. The summed E-state index contributed by atoms with van der Waals surface area (Å²) in [6.07, 6.45) is 6.63. The van der Waals surface area contributed by atoms with E-state index in [1.54, 1.807) is 24.5 Å². The number of carbonyl (C=O) groups excluding carboxylic acids is 5. The number of hydrogen-bond acceptors (Lipinski definition) is 8. The molecule has 2 aromatic rings. The number of benzene rings is 1. The first-order valence-electron chi connectivity index (χ1n) is 16.9. The average molecular weight is 691 g/mol. The van der Waals surface area contributed by atoms with Crippen molar-refractivity contribution in [2.24, 2.45) is 22.4 Å². The molecule has 4 amide bonds. The van der Waals surface area contributed by atoms with Crippen molar-refractivity contribution in [3.05, 3.63) is 64.9 Å². The van der Waals surface area contributed by atoms with Crippen LogP contribution in [0.1, 0.15) is 76.3 Å². The maximum Gasteiger partial charge on any atom is 0.289 e. The van der Waals surface area contributed by atoms with Crippen LogP contribution in [0.4, 0.5) is 0 Å². The van der Waals surface area contributed by atoms with E-state index < -0.39 is 52.6 Å². The van der Waals surface area contributed by atoms with Gasteiger partial charge in [0.2, 0.25) is 23.5 Å². The van der Waals surface area contributed by atoms with Crippen LogP contribution in [-0.4, -0.2) is 82.3 Å². The number of oxime groups is 1. The van der Waals surface area contributed by atoms with E-state index in [-0.39, 0.29) is 36.6 Å². The van der Waals surface area contributed by atoms with Gasteiger partial charge >= 0.3 is 0 Å². The van der Waals surface area contributed by atoms with Crippen molar-refractivity contribution < 1.29 is 28.8 Å². The summed E-state index contributed by atoms with van der Waals surface area (Å²) >= 11 is 6.25. The second-order valence-corrected chi connectivity index (χ2v) is 15.3. The SMILES string of the molecule is CNC(=O)C(=O)[C@H](CC1CC1)NC(=O)[C@@H]1C[C@]2(CC(c3cccc(Cl)c3)=NO2)CN1C(=O)[C@@H](NC(=O)C1CC1c1ccncc1)C(C)(C)C. The topological polar surface area (TPSA) is 159 Å². The summed E-state index contributed by atoms with van der Waals surface area (Å²) < 4.78 is 0. The van der Waals surface area contributed by atoms with E-state index >= 15 is 0 Å². The maximum atomic E-state index is 14.6. The maximum absolute atomic E-state index is 14.6. The van der Waals surface area contributed by atoms with Crippen molar-refractivity contribution in [1.82, 2.24) is 25.8 Å². The zero-order chi connectivity index (χ0) is 35.1. The molecule has 2 aliphatic carbocycles. The molecule has 1 spiro atoms. The second-order valence-electron chi connectivity index (χ2n) is 14.9. The van der Waals surface area contributed by atoms with E-state index in [9.17, 15) is 24.0 Å². The number of pyridine rings is 1. The third-order valence-corrected chi connectivity index (χ3v) is 10.2. The van der Waals surface area contributed by atoms with Crippen molar-refractivity contribution in [2.45, 2.75) is 88.9 Å². The fourth-order valence-electron chi connectivity index (χ4n) is 6.95. The lowest BCUT2D eigenvalue weighted by atomic mass is 9.85. The molecule has 260 valence electrons. The molecule has 4 aliphatic rings. The molecule has 3 N–H and O–H groups in total. The number of ketones is 1. The number of hydrogen-bond donors (Lipinski definition) is 3. The molecule has 2 unspecified atom stereocenters. The Morgan fingerprint density at radius 1 is 1.06 bits per heavy atom. The van der Waals surface area contributed by atoms with Gasteiger partial charge in [-0.3, -0.25) is 29.0 Å². The Labute approximate surface area is 290 Å². The minimum atomic E-state index is -1.05. The van der Waals surface area contributed by atoms with Crippen LogP contribution in [0.25, 0.3) is 0 Å². The molecule has 1 aromatic heterocycles. The summed E-state index contributed by atoms with van der Waals surface area (Å²) in [4.78, 5) is 79.3. The molecular weight excluding hydrogens is 648 g/mol. The Hall–Kier alpha value is -4.32. The second kappa shape index (κ2) is 13.5. The quantitative estimate of drug-likeness (QED) is 0.306. The highest BCUT2D eigenvalue weighted by atomic mass is 35.5. The monoisotopic (exact) mass is 690 g/mol. The van der Waals surface area contributed by atoms with E-state index in [1.807, 2.05) is 45.0 Å².